The van der Waals surface area contributed by atoms with Crippen molar-refractivity contribution < 1.29 is 14.3 Å². The standard InChI is InChI=1S/C26H29ClN2O3/c1-28-26(30)25(19-7-5-4-6-8-19)29-22(15-11-18-9-13-21(27)14-10-18)20-12-16-23(31-2)24(17-20)32-3/h4-10,12-14,16-17,22,25,29H,11,15H2,1-3H3,(H,28,30)/t22-,25-/m0/s1. The summed E-state index contributed by atoms with van der Waals surface area (Å²) in [6.45, 7) is 0. The lowest BCUT2D eigenvalue weighted by atomic mass is 9.96. The maximum atomic E-state index is 12.8. The van der Waals surface area contributed by atoms with Crippen LogP contribution < -0.4 is 20.1 Å². The van der Waals surface area contributed by atoms with Gasteiger partial charge in [-0.2, -0.15) is 0 Å². The minimum Gasteiger partial charge on any atom is -0.493 e. The van der Waals surface area contributed by atoms with E-state index in [0.717, 1.165) is 24.0 Å². The molecule has 1 amide bonds. The van der Waals surface area contributed by atoms with E-state index in [9.17, 15) is 4.79 Å². The number of carbonyl (C=O) groups is 1. The number of halogens is 1. The molecule has 0 aromatic heterocycles. The van der Waals surface area contributed by atoms with Gasteiger partial charge in [-0.15, -0.1) is 0 Å². The van der Waals surface area contributed by atoms with Crippen molar-refractivity contribution >= 4 is 17.5 Å². The minimum atomic E-state index is -0.496. The molecule has 2 atom stereocenters. The van der Waals surface area contributed by atoms with Gasteiger partial charge in [-0.3, -0.25) is 10.1 Å². The number of benzene rings is 3. The summed E-state index contributed by atoms with van der Waals surface area (Å²) in [6.07, 6.45) is 1.59. The van der Waals surface area contributed by atoms with Crippen LogP contribution in [0.3, 0.4) is 0 Å². The molecule has 0 aliphatic carbocycles. The van der Waals surface area contributed by atoms with Crippen molar-refractivity contribution in [3.05, 3.63) is 94.5 Å². The smallest absolute Gasteiger partial charge is 0.241 e. The van der Waals surface area contributed by atoms with Crippen molar-refractivity contribution in [2.24, 2.45) is 0 Å². The molecule has 0 heterocycles. The number of carbonyl (C=O) groups excluding carboxylic acids is 1. The van der Waals surface area contributed by atoms with Gasteiger partial charge in [-0.1, -0.05) is 60.1 Å². The predicted molar refractivity (Wildman–Crippen MR) is 128 cm³/mol. The maximum absolute atomic E-state index is 12.8. The van der Waals surface area contributed by atoms with Crippen LogP contribution >= 0.6 is 11.6 Å². The van der Waals surface area contributed by atoms with E-state index in [4.69, 9.17) is 21.1 Å². The van der Waals surface area contributed by atoms with Crippen molar-refractivity contribution in [1.29, 1.82) is 0 Å². The molecule has 0 aliphatic heterocycles. The van der Waals surface area contributed by atoms with Crippen LogP contribution in [0.4, 0.5) is 0 Å². The number of rotatable bonds is 10. The molecule has 0 radical (unpaired) electrons. The molecule has 0 saturated carbocycles. The summed E-state index contributed by atoms with van der Waals surface area (Å²) in [5.41, 5.74) is 3.10. The second-order valence-electron chi connectivity index (χ2n) is 7.46. The molecule has 168 valence electrons. The maximum Gasteiger partial charge on any atom is 0.241 e. The second-order valence-corrected chi connectivity index (χ2v) is 7.89. The van der Waals surface area contributed by atoms with E-state index in [2.05, 4.69) is 10.6 Å². The zero-order valence-corrected chi connectivity index (χ0v) is 19.4. The molecule has 0 spiro atoms. The van der Waals surface area contributed by atoms with E-state index in [1.54, 1.807) is 21.3 Å². The highest BCUT2D eigenvalue weighted by Crippen LogP contribution is 2.33. The number of hydrogen-bond acceptors (Lipinski definition) is 4. The Morgan fingerprint density at radius 1 is 0.906 bits per heavy atom. The third-order valence-electron chi connectivity index (χ3n) is 5.45. The van der Waals surface area contributed by atoms with E-state index in [1.807, 2.05) is 72.8 Å². The third kappa shape index (κ3) is 6.02. The number of likely N-dealkylation sites (N-methyl/N-ethyl adjacent to an activating group) is 1. The van der Waals surface area contributed by atoms with Gasteiger partial charge in [0.25, 0.3) is 0 Å². The molecule has 3 aromatic carbocycles. The third-order valence-corrected chi connectivity index (χ3v) is 5.71. The quantitative estimate of drug-likeness (QED) is 0.449. The summed E-state index contributed by atoms with van der Waals surface area (Å²) in [5.74, 6) is 1.23. The molecule has 0 aliphatic rings. The molecule has 3 rings (SSSR count). The highest BCUT2D eigenvalue weighted by molar-refractivity contribution is 6.30. The Morgan fingerprint density at radius 3 is 2.22 bits per heavy atom. The highest BCUT2D eigenvalue weighted by Gasteiger charge is 2.24. The van der Waals surface area contributed by atoms with Crippen LogP contribution in [0.5, 0.6) is 11.5 Å². The normalized spacial score (nSPS) is 12.6. The van der Waals surface area contributed by atoms with Crippen LogP contribution in [0.1, 0.15) is 35.2 Å². The topological polar surface area (TPSA) is 59.6 Å². The van der Waals surface area contributed by atoms with Crippen LogP contribution in [0.25, 0.3) is 0 Å². The number of hydrogen-bond donors (Lipinski definition) is 2. The molecule has 32 heavy (non-hydrogen) atoms. The van der Waals surface area contributed by atoms with Crippen LogP contribution in [0.2, 0.25) is 5.02 Å². The number of methoxy groups -OCH3 is 2. The SMILES string of the molecule is CNC(=O)[C@@H](N[C@@H](CCc1ccc(Cl)cc1)c1ccc(OC)c(OC)c1)c1ccccc1. The number of aryl methyl sites for hydroxylation is 1. The number of nitrogens with one attached hydrogen (secondary N) is 2. The lowest BCUT2D eigenvalue weighted by Crippen LogP contribution is -2.38. The fourth-order valence-electron chi connectivity index (χ4n) is 3.69. The summed E-state index contributed by atoms with van der Waals surface area (Å²) in [5, 5.41) is 7.07. The van der Waals surface area contributed by atoms with Crippen molar-refractivity contribution in [3.63, 3.8) is 0 Å². The summed E-state index contributed by atoms with van der Waals surface area (Å²) in [6, 6.07) is 22.8. The highest BCUT2D eigenvalue weighted by atomic mass is 35.5. The van der Waals surface area contributed by atoms with Gasteiger partial charge < -0.3 is 14.8 Å². The Bertz CT molecular complexity index is 1010. The molecule has 0 fully saturated rings. The van der Waals surface area contributed by atoms with Gasteiger partial charge in [0, 0.05) is 18.1 Å². The van der Waals surface area contributed by atoms with E-state index < -0.39 is 6.04 Å². The van der Waals surface area contributed by atoms with Gasteiger partial charge >= 0.3 is 0 Å². The lowest BCUT2D eigenvalue weighted by Gasteiger charge is -2.26. The molecular weight excluding hydrogens is 424 g/mol. The summed E-state index contributed by atoms with van der Waals surface area (Å²) < 4.78 is 10.9. The van der Waals surface area contributed by atoms with Gasteiger partial charge in [0.15, 0.2) is 11.5 Å². The van der Waals surface area contributed by atoms with Gasteiger partial charge in [0.2, 0.25) is 5.91 Å². The van der Waals surface area contributed by atoms with E-state index in [1.165, 1.54) is 5.56 Å². The van der Waals surface area contributed by atoms with E-state index in [0.29, 0.717) is 16.5 Å². The lowest BCUT2D eigenvalue weighted by molar-refractivity contribution is -0.123. The van der Waals surface area contributed by atoms with Crippen molar-refractivity contribution in [3.8, 4) is 11.5 Å². The molecule has 0 unspecified atom stereocenters. The van der Waals surface area contributed by atoms with Crippen molar-refractivity contribution in [2.75, 3.05) is 21.3 Å². The number of amides is 1. The van der Waals surface area contributed by atoms with Crippen LogP contribution in [0, 0.1) is 0 Å². The monoisotopic (exact) mass is 452 g/mol. The Balaban J connectivity index is 1.93. The first-order valence-electron chi connectivity index (χ1n) is 10.5. The first-order valence-corrected chi connectivity index (χ1v) is 10.9. The van der Waals surface area contributed by atoms with E-state index in [-0.39, 0.29) is 11.9 Å². The van der Waals surface area contributed by atoms with Crippen molar-refractivity contribution in [1.82, 2.24) is 10.6 Å². The van der Waals surface area contributed by atoms with Crippen LogP contribution in [0.15, 0.2) is 72.8 Å². The van der Waals surface area contributed by atoms with Crippen LogP contribution in [-0.2, 0) is 11.2 Å². The molecule has 6 heteroatoms. The fourth-order valence-corrected chi connectivity index (χ4v) is 3.82. The fraction of sp³-hybridized carbons (Fsp3) is 0.269. The molecule has 2 N–H and O–H groups in total. The van der Waals surface area contributed by atoms with E-state index >= 15 is 0 Å². The summed E-state index contributed by atoms with van der Waals surface area (Å²) >= 11 is 6.04. The molecule has 0 bridgehead atoms. The predicted octanol–water partition coefficient (Wildman–Crippen LogP) is 5.11. The van der Waals surface area contributed by atoms with Gasteiger partial charge in [0.1, 0.15) is 6.04 Å². The Hall–Kier alpha value is -3.02. The van der Waals surface area contributed by atoms with Gasteiger partial charge in [-0.05, 0) is 53.8 Å². The zero-order valence-electron chi connectivity index (χ0n) is 18.6. The average Bonchev–Trinajstić information content (AvgIpc) is 2.85. The van der Waals surface area contributed by atoms with Gasteiger partial charge in [0.05, 0.1) is 14.2 Å². The molecule has 0 saturated heterocycles. The van der Waals surface area contributed by atoms with Crippen molar-refractivity contribution in [2.45, 2.75) is 24.9 Å². The first-order chi connectivity index (χ1) is 15.5. The molecule has 3 aromatic rings. The Kier molecular flexibility index (Phi) is 8.54. The summed E-state index contributed by atoms with van der Waals surface area (Å²) in [4.78, 5) is 12.8. The Labute approximate surface area is 194 Å². The second kappa shape index (κ2) is 11.6. The van der Waals surface area contributed by atoms with Crippen LogP contribution in [-0.4, -0.2) is 27.2 Å². The molecular formula is C26H29ClN2O3. The summed E-state index contributed by atoms with van der Waals surface area (Å²) in [7, 11) is 4.89. The van der Waals surface area contributed by atoms with Gasteiger partial charge in [-0.25, -0.2) is 0 Å². The minimum absolute atomic E-state index is 0.0897. The Morgan fingerprint density at radius 2 is 1.59 bits per heavy atom. The first kappa shape index (κ1) is 23.6. The average molecular weight is 453 g/mol. The number of ether oxygens (including phenoxy) is 2. The zero-order chi connectivity index (χ0) is 22.9. The largest absolute Gasteiger partial charge is 0.493 e. The molecule has 5 nitrogen and oxygen atoms in total.